The van der Waals surface area contributed by atoms with E-state index in [1.54, 1.807) is 24.3 Å². The number of carboxylic acids is 2. The number of amides is 1. The number of aromatic carboxylic acids is 2. The molecule has 0 aliphatic carbocycles. The average Bonchev–Trinajstić information content (AvgIpc) is 2.75. The molecule has 4 rings (SSSR count). The summed E-state index contributed by atoms with van der Waals surface area (Å²) in [5.74, 6) is -2.85. The number of rotatable bonds is 5. The zero-order valence-corrected chi connectivity index (χ0v) is 17.4. The second-order valence-electron chi connectivity index (χ2n) is 7.01. The van der Waals surface area contributed by atoms with Crippen LogP contribution < -0.4 is 16.1 Å². The number of carbonyl (C=O) groups excluding carboxylic acids is 1. The first kappa shape index (κ1) is 21.0. The van der Waals surface area contributed by atoms with Crippen LogP contribution in [0.4, 0.5) is 17.1 Å². The molecular formula is C23H16N2O6S. The molecule has 8 nitrogen and oxygen atoms in total. The van der Waals surface area contributed by atoms with Gasteiger partial charge in [0.15, 0.2) is 5.43 Å². The summed E-state index contributed by atoms with van der Waals surface area (Å²) < 4.78 is 1.29. The third-order valence-electron chi connectivity index (χ3n) is 4.75. The molecule has 1 heterocycles. The molecule has 0 unspecified atom stereocenters. The summed E-state index contributed by atoms with van der Waals surface area (Å²) in [5, 5.41) is 25.2. The minimum absolute atomic E-state index is 0.202. The molecule has 0 radical (unpaired) electrons. The van der Waals surface area contributed by atoms with E-state index in [0.717, 1.165) is 10.8 Å². The normalized spacial score (nSPS) is 10.8. The van der Waals surface area contributed by atoms with Crippen LogP contribution in [0.3, 0.4) is 0 Å². The zero-order valence-electron chi connectivity index (χ0n) is 16.6. The highest BCUT2D eigenvalue weighted by Crippen LogP contribution is 2.36. The van der Waals surface area contributed by atoms with E-state index in [-0.39, 0.29) is 28.2 Å². The molecule has 4 aromatic rings. The lowest BCUT2D eigenvalue weighted by Gasteiger charge is -2.14. The minimum Gasteiger partial charge on any atom is -0.478 e. The summed E-state index contributed by atoms with van der Waals surface area (Å²) in [6, 6.07) is 13.9. The van der Waals surface area contributed by atoms with Crippen molar-refractivity contribution in [1.82, 2.24) is 0 Å². The van der Waals surface area contributed by atoms with Gasteiger partial charge >= 0.3 is 11.9 Å². The number of carboxylic acid groups (broad SMARTS) is 2. The van der Waals surface area contributed by atoms with Crippen molar-refractivity contribution < 1.29 is 24.6 Å². The molecule has 0 saturated carbocycles. The summed E-state index contributed by atoms with van der Waals surface area (Å²) >= 11 is 1.33. The predicted octanol–water partition coefficient (Wildman–Crippen LogP) is 4.51. The molecule has 1 aromatic heterocycles. The summed E-state index contributed by atoms with van der Waals surface area (Å²) in [6.45, 7) is 1.37. The molecule has 0 aliphatic rings. The maximum atomic E-state index is 13.4. The summed E-state index contributed by atoms with van der Waals surface area (Å²) in [4.78, 5) is 47.9. The maximum absolute atomic E-state index is 13.4. The molecule has 0 saturated heterocycles. The highest BCUT2D eigenvalue weighted by molar-refractivity contribution is 7.25. The molecule has 160 valence electrons. The number of anilines is 3. The van der Waals surface area contributed by atoms with E-state index in [4.69, 9.17) is 0 Å². The number of fused-ring (bicyclic) bond motifs is 2. The summed E-state index contributed by atoms with van der Waals surface area (Å²) in [6.07, 6.45) is 0. The van der Waals surface area contributed by atoms with Crippen molar-refractivity contribution in [2.75, 3.05) is 10.6 Å². The second kappa shape index (κ2) is 8.12. The molecular weight excluding hydrogens is 432 g/mol. The largest absolute Gasteiger partial charge is 0.478 e. The van der Waals surface area contributed by atoms with Gasteiger partial charge in [0.05, 0.1) is 32.6 Å². The number of carbonyl (C=O) groups is 3. The van der Waals surface area contributed by atoms with Crippen LogP contribution in [0, 0.1) is 0 Å². The van der Waals surface area contributed by atoms with Crippen LogP contribution in [0.1, 0.15) is 27.6 Å². The van der Waals surface area contributed by atoms with Gasteiger partial charge in [0.2, 0.25) is 5.91 Å². The van der Waals surface area contributed by atoms with E-state index < -0.39 is 11.9 Å². The van der Waals surface area contributed by atoms with Gasteiger partial charge in [-0.15, -0.1) is 11.3 Å². The molecule has 0 aliphatic heterocycles. The van der Waals surface area contributed by atoms with Crippen LogP contribution in [-0.2, 0) is 4.79 Å². The SMILES string of the molecule is CC(=O)Nc1ccc(Nc2cc(C(=O)O)cc(C(=O)O)c2)c2c(=O)c3ccccc3sc12. The standard InChI is InChI=1S/C23H16N2O6S/c1-11(26)24-17-7-6-16(19-20(27)15-4-2-3-5-18(15)32-21(17)19)25-14-9-12(22(28)29)8-13(10-14)23(30)31/h2-10,25H,1H3,(H,24,26)(H,28,29)(H,30,31). The first-order valence-electron chi connectivity index (χ1n) is 9.39. The first-order chi connectivity index (χ1) is 15.2. The van der Waals surface area contributed by atoms with Gasteiger partial charge in [-0.1, -0.05) is 12.1 Å². The van der Waals surface area contributed by atoms with Crippen molar-refractivity contribution in [3.63, 3.8) is 0 Å². The minimum atomic E-state index is -1.28. The van der Waals surface area contributed by atoms with Gasteiger partial charge < -0.3 is 20.8 Å². The van der Waals surface area contributed by atoms with Crippen molar-refractivity contribution in [1.29, 1.82) is 0 Å². The summed E-state index contributed by atoms with van der Waals surface area (Å²) in [5.41, 5.74) is 0.353. The lowest BCUT2D eigenvalue weighted by atomic mass is 10.1. The van der Waals surface area contributed by atoms with E-state index in [1.165, 1.54) is 30.4 Å². The van der Waals surface area contributed by atoms with Crippen molar-refractivity contribution >= 4 is 66.4 Å². The maximum Gasteiger partial charge on any atom is 0.335 e. The molecule has 32 heavy (non-hydrogen) atoms. The van der Waals surface area contributed by atoms with Gasteiger partial charge in [-0.05, 0) is 42.5 Å². The molecule has 1 amide bonds. The molecule has 0 bridgehead atoms. The quantitative estimate of drug-likeness (QED) is 0.330. The monoisotopic (exact) mass is 448 g/mol. The van der Waals surface area contributed by atoms with E-state index in [0.29, 0.717) is 26.8 Å². The van der Waals surface area contributed by atoms with E-state index in [1.807, 2.05) is 12.1 Å². The average molecular weight is 448 g/mol. The zero-order chi connectivity index (χ0) is 23.0. The van der Waals surface area contributed by atoms with Crippen molar-refractivity contribution in [2.45, 2.75) is 6.92 Å². The van der Waals surface area contributed by atoms with Crippen LogP contribution in [0.5, 0.6) is 0 Å². The highest BCUT2D eigenvalue weighted by atomic mass is 32.1. The molecule has 0 atom stereocenters. The Labute approximate surface area is 184 Å². The fraction of sp³-hybridized carbons (Fsp3) is 0.0435. The van der Waals surface area contributed by atoms with Crippen molar-refractivity contribution in [3.05, 3.63) is 75.9 Å². The van der Waals surface area contributed by atoms with Gasteiger partial charge in [-0.25, -0.2) is 9.59 Å². The van der Waals surface area contributed by atoms with E-state index >= 15 is 0 Å². The fourth-order valence-corrected chi connectivity index (χ4v) is 4.57. The van der Waals surface area contributed by atoms with E-state index in [2.05, 4.69) is 10.6 Å². The number of hydrogen-bond donors (Lipinski definition) is 4. The van der Waals surface area contributed by atoms with Crippen LogP contribution in [0.25, 0.3) is 20.2 Å². The number of hydrogen-bond acceptors (Lipinski definition) is 6. The Morgan fingerprint density at radius 1 is 0.875 bits per heavy atom. The van der Waals surface area contributed by atoms with Gasteiger partial charge in [-0.2, -0.15) is 0 Å². The third kappa shape index (κ3) is 3.88. The van der Waals surface area contributed by atoms with Gasteiger partial charge in [0.25, 0.3) is 0 Å². The lowest BCUT2D eigenvalue weighted by molar-refractivity contribution is -0.114. The first-order valence-corrected chi connectivity index (χ1v) is 10.2. The topological polar surface area (TPSA) is 133 Å². The van der Waals surface area contributed by atoms with Gasteiger partial charge in [0.1, 0.15) is 0 Å². The lowest BCUT2D eigenvalue weighted by Crippen LogP contribution is -2.10. The predicted molar refractivity (Wildman–Crippen MR) is 124 cm³/mol. The van der Waals surface area contributed by atoms with Crippen molar-refractivity contribution in [2.24, 2.45) is 0 Å². The molecule has 4 N–H and O–H groups in total. The van der Waals surface area contributed by atoms with Crippen LogP contribution in [-0.4, -0.2) is 28.1 Å². The fourth-order valence-electron chi connectivity index (χ4n) is 3.40. The van der Waals surface area contributed by atoms with Crippen LogP contribution in [0.2, 0.25) is 0 Å². The third-order valence-corrected chi connectivity index (χ3v) is 5.95. The molecule has 3 aromatic carbocycles. The Morgan fingerprint density at radius 3 is 2.12 bits per heavy atom. The Kier molecular flexibility index (Phi) is 5.33. The highest BCUT2D eigenvalue weighted by Gasteiger charge is 2.16. The van der Waals surface area contributed by atoms with Gasteiger partial charge in [-0.3, -0.25) is 9.59 Å². The van der Waals surface area contributed by atoms with Crippen molar-refractivity contribution in [3.8, 4) is 0 Å². The number of nitrogens with one attached hydrogen (secondary N) is 2. The smallest absolute Gasteiger partial charge is 0.335 e. The van der Waals surface area contributed by atoms with Gasteiger partial charge in [0, 0.05) is 22.7 Å². The molecule has 0 spiro atoms. The summed E-state index contributed by atoms with van der Waals surface area (Å²) in [7, 11) is 0. The second-order valence-corrected chi connectivity index (χ2v) is 8.06. The molecule has 9 heteroatoms. The van der Waals surface area contributed by atoms with E-state index in [9.17, 15) is 29.4 Å². The van der Waals surface area contributed by atoms with Crippen LogP contribution >= 0.6 is 11.3 Å². The molecule has 0 fully saturated rings. The Balaban J connectivity index is 1.97. The Bertz CT molecular complexity index is 1460. The Hall–Kier alpha value is -4.24. The number of benzene rings is 3. The Morgan fingerprint density at radius 2 is 1.50 bits per heavy atom. The van der Waals surface area contributed by atoms with Crippen LogP contribution in [0.15, 0.2) is 59.4 Å².